The minimum atomic E-state index is -0.364. The zero-order valence-corrected chi connectivity index (χ0v) is 20.2. The summed E-state index contributed by atoms with van der Waals surface area (Å²) < 4.78 is 6.14. The Bertz CT molecular complexity index is 877. The fourth-order valence-corrected chi connectivity index (χ4v) is 5.49. The first-order valence-corrected chi connectivity index (χ1v) is 12.9. The van der Waals surface area contributed by atoms with Crippen molar-refractivity contribution in [2.45, 2.75) is 58.1 Å². The van der Waals surface area contributed by atoms with Crippen molar-refractivity contribution < 1.29 is 14.6 Å². The standard InChI is InChI=1S/C26H36N2O3S/c1-3-4-21(29)16-27(15-20-7-8-20)17-26(30)28-13-11-25-23(12-14-32-25)24(28)18-31-22-9-5-19(2)6-10-22/h5-6,9-10,12,14,20-21,24,29H,3-4,7-8,11,13,15-18H2,1-2H3. The predicted octanol–water partition coefficient (Wildman–Crippen LogP) is 4.43. The van der Waals surface area contributed by atoms with Crippen LogP contribution in [0.25, 0.3) is 0 Å². The van der Waals surface area contributed by atoms with Gasteiger partial charge >= 0.3 is 0 Å². The molecule has 2 heterocycles. The summed E-state index contributed by atoms with van der Waals surface area (Å²) in [6.07, 6.45) is 4.76. The molecule has 0 spiro atoms. The Morgan fingerprint density at radius 2 is 2.06 bits per heavy atom. The van der Waals surface area contributed by atoms with Crippen LogP contribution >= 0.6 is 11.3 Å². The first-order valence-electron chi connectivity index (χ1n) is 12.0. The summed E-state index contributed by atoms with van der Waals surface area (Å²) in [6, 6.07) is 10.2. The highest BCUT2D eigenvalue weighted by Crippen LogP contribution is 2.34. The molecule has 0 radical (unpaired) electrons. The van der Waals surface area contributed by atoms with E-state index in [-0.39, 0.29) is 18.1 Å². The molecular weight excluding hydrogens is 420 g/mol. The van der Waals surface area contributed by atoms with Crippen LogP contribution in [0.4, 0.5) is 0 Å². The minimum Gasteiger partial charge on any atom is -0.491 e. The van der Waals surface area contributed by atoms with Gasteiger partial charge in [-0.15, -0.1) is 11.3 Å². The summed E-state index contributed by atoms with van der Waals surface area (Å²) in [5, 5.41) is 12.5. The van der Waals surface area contributed by atoms with Crippen molar-refractivity contribution in [2.24, 2.45) is 5.92 Å². The van der Waals surface area contributed by atoms with Gasteiger partial charge in [-0.1, -0.05) is 31.0 Å². The molecular formula is C26H36N2O3S. The quantitative estimate of drug-likeness (QED) is 0.543. The second-order valence-electron chi connectivity index (χ2n) is 9.36. The van der Waals surface area contributed by atoms with Gasteiger partial charge in [-0.05, 0) is 67.7 Å². The molecule has 0 bridgehead atoms. The van der Waals surface area contributed by atoms with Gasteiger partial charge in [0.25, 0.3) is 0 Å². The van der Waals surface area contributed by atoms with Crippen molar-refractivity contribution in [3.8, 4) is 5.75 Å². The van der Waals surface area contributed by atoms with Crippen LogP contribution in [0.1, 0.15) is 54.7 Å². The van der Waals surface area contributed by atoms with E-state index in [1.807, 2.05) is 29.2 Å². The third kappa shape index (κ3) is 6.12. The van der Waals surface area contributed by atoms with E-state index in [4.69, 9.17) is 4.74 Å². The van der Waals surface area contributed by atoms with Gasteiger partial charge in [0.05, 0.1) is 18.7 Å². The smallest absolute Gasteiger partial charge is 0.237 e. The highest BCUT2D eigenvalue weighted by atomic mass is 32.1. The Hall–Kier alpha value is -1.89. The van der Waals surface area contributed by atoms with E-state index >= 15 is 0 Å². The number of fused-ring (bicyclic) bond motifs is 1. The third-order valence-corrected chi connectivity index (χ3v) is 7.50. The number of amides is 1. The maximum absolute atomic E-state index is 13.5. The van der Waals surface area contributed by atoms with Crippen molar-refractivity contribution in [3.63, 3.8) is 0 Å². The van der Waals surface area contributed by atoms with Crippen molar-refractivity contribution in [1.82, 2.24) is 9.80 Å². The summed E-state index contributed by atoms with van der Waals surface area (Å²) in [5.74, 6) is 1.66. The lowest BCUT2D eigenvalue weighted by atomic mass is 10.0. The molecule has 2 unspecified atom stereocenters. The summed E-state index contributed by atoms with van der Waals surface area (Å²) in [6.45, 7) is 7.20. The molecule has 1 N–H and O–H groups in total. The van der Waals surface area contributed by atoms with Crippen LogP contribution in [0.3, 0.4) is 0 Å². The number of thiophene rings is 1. The van der Waals surface area contributed by atoms with Gasteiger partial charge in [-0.3, -0.25) is 9.69 Å². The fraction of sp³-hybridized carbons (Fsp3) is 0.577. The highest BCUT2D eigenvalue weighted by molar-refractivity contribution is 7.10. The van der Waals surface area contributed by atoms with Gasteiger partial charge in [0.15, 0.2) is 0 Å². The fourth-order valence-electron chi connectivity index (χ4n) is 4.56. The average molecular weight is 457 g/mol. The number of nitrogens with zero attached hydrogens (tertiary/aromatic N) is 2. The second-order valence-corrected chi connectivity index (χ2v) is 10.4. The maximum Gasteiger partial charge on any atom is 0.237 e. The van der Waals surface area contributed by atoms with E-state index < -0.39 is 0 Å². The molecule has 1 aliphatic carbocycles. The molecule has 32 heavy (non-hydrogen) atoms. The Morgan fingerprint density at radius 1 is 1.28 bits per heavy atom. The first kappa shape index (κ1) is 23.3. The summed E-state index contributed by atoms with van der Waals surface area (Å²) in [7, 11) is 0. The van der Waals surface area contributed by atoms with E-state index in [0.717, 1.165) is 38.1 Å². The van der Waals surface area contributed by atoms with Crippen LogP contribution in [0.2, 0.25) is 0 Å². The second kappa shape index (κ2) is 10.8. The molecule has 2 aliphatic rings. The van der Waals surface area contributed by atoms with Crippen molar-refractivity contribution in [3.05, 3.63) is 51.7 Å². The normalized spacial score (nSPS) is 19.1. The zero-order chi connectivity index (χ0) is 22.5. The molecule has 1 aliphatic heterocycles. The van der Waals surface area contributed by atoms with Crippen molar-refractivity contribution >= 4 is 17.2 Å². The van der Waals surface area contributed by atoms with Gasteiger partial charge in [0, 0.05) is 24.5 Å². The summed E-state index contributed by atoms with van der Waals surface area (Å²) in [4.78, 5) is 19.1. The Labute approximate surface area is 196 Å². The SMILES string of the molecule is CCCC(O)CN(CC(=O)N1CCc2sccc2C1COc1ccc(C)cc1)CC1CC1. The van der Waals surface area contributed by atoms with Crippen LogP contribution in [0, 0.1) is 12.8 Å². The molecule has 174 valence electrons. The van der Waals surface area contributed by atoms with Crippen molar-refractivity contribution in [1.29, 1.82) is 0 Å². The van der Waals surface area contributed by atoms with E-state index in [9.17, 15) is 9.90 Å². The molecule has 1 amide bonds. The Balaban J connectivity index is 1.44. The number of aliphatic hydroxyl groups is 1. The first-order chi connectivity index (χ1) is 15.5. The largest absolute Gasteiger partial charge is 0.491 e. The predicted molar refractivity (Wildman–Crippen MR) is 129 cm³/mol. The van der Waals surface area contributed by atoms with Gasteiger partial charge < -0.3 is 14.7 Å². The van der Waals surface area contributed by atoms with Gasteiger partial charge in [0.1, 0.15) is 12.4 Å². The number of aryl methyl sites for hydroxylation is 1. The molecule has 2 aromatic rings. The number of ether oxygens (including phenoxy) is 1. The molecule has 1 aromatic heterocycles. The van der Waals surface area contributed by atoms with Crippen LogP contribution in [-0.2, 0) is 11.2 Å². The van der Waals surface area contributed by atoms with Gasteiger partial charge in [0.2, 0.25) is 5.91 Å². The molecule has 5 nitrogen and oxygen atoms in total. The molecule has 1 saturated carbocycles. The lowest BCUT2D eigenvalue weighted by Crippen LogP contribution is -2.48. The molecule has 1 aromatic carbocycles. The maximum atomic E-state index is 13.5. The molecule has 0 saturated heterocycles. The van der Waals surface area contributed by atoms with Crippen molar-refractivity contribution in [2.75, 3.05) is 32.8 Å². The number of carbonyl (C=O) groups excluding carboxylic acids is 1. The number of rotatable bonds is 11. The van der Waals surface area contributed by atoms with Crippen LogP contribution in [0.5, 0.6) is 5.75 Å². The van der Waals surface area contributed by atoms with Crippen LogP contribution in [-0.4, -0.2) is 59.7 Å². The monoisotopic (exact) mass is 456 g/mol. The Morgan fingerprint density at radius 3 is 2.78 bits per heavy atom. The van der Waals surface area contributed by atoms with Gasteiger partial charge in [-0.25, -0.2) is 0 Å². The zero-order valence-electron chi connectivity index (χ0n) is 19.3. The highest BCUT2D eigenvalue weighted by Gasteiger charge is 2.34. The van der Waals surface area contributed by atoms with Crippen LogP contribution < -0.4 is 4.74 Å². The topological polar surface area (TPSA) is 53.0 Å². The van der Waals surface area contributed by atoms with Gasteiger partial charge in [-0.2, -0.15) is 0 Å². The van der Waals surface area contributed by atoms with E-state index in [1.54, 1.807) is 11.3 Å². The number of aliphatic hydroxyl groups excluding tert-OH is 1. The number of benzene rings is 1. The lowest BCUT2D eigenvalue weighted by Gasteiger charge is -2.37. The van der Waals surface area contributed by atoms with E-state index in [0.29, 0.717) is 25.6 Å². The minimum absolute atomic E-state index is 0.0675. The lowest BCUT2D eigenvalue weighted by molar-refractivity contribution is -0.136. The van der Waals surface area contributed by atoms with Crippen LogP contribution in [0.15, 0.2) is 35.7 Å². The number of carbonyl (C=O) groups is 1. The number of hydrogen-bond acceptors (Lipinski definition) is 5. The summed E-state index contributed by atoms with van der Waals surface area (Å²) in [5.41, 5.74) is 2.43. The molecule has 1 fully saturated rings. The molecule has 2 atom stereocenters. The average Bonchev–Trinajstić information content (AvgIpc) is 3.45. The molecule has 6 heteroatoms. The van der Waals surface area contributed by atoms with E-state index in [1.165, 1.54) is 28.8 Å². The summed E-state index contributed by atoms with van der Waals surface area (Å²) >= 11 is 1.77. The van der Waals surface area contributed by atoms with E-state index in [2.05, 4.69) is 30.2 Å². The third-order valence-electron chi connectivity index (χ3n) is 6.51. The number of hydrogen-bond donors (Lipinski definition) is 1. The Kier molecular flexibility index (Phi) is 7.87. The molecule has 4 rings (SSSR count).